The summed E-state index contributed by atoms with van der Waals surface area (Å²) in [6.07, 6.45) is 4.23. The van der Waals surface area contributed by atoms with Crippen LogP contribution >= 0.6 is 66.7 Å². The van der Waals surface area contributed by atoms with Crippen LogP contribution in [0.2, 0.25) is 0 Å². The third-order valence-corrected chi connectivity index (χ3v) is 11.5. The molecular weight excluding hydrogens is 708 g/mol. The number of thiophene rings is 1. The largest absolute Gasteiger partial charge is 0.293 e. The van der Waals surface area contributed by atoms with E-state index in [4.69, 9.17) is 0 Å². The minimum Gasteiger partial charge on any atom is -0.293 e. The molecule has 1 N–H and O–H groups in total. The van der Waals surface area contributed by atoms with Crippen LogP contribution in [0.5, 0.6) is 0 Å². The van der Waals surface area contributed by atoms with Crippen molar-refractivity contribution in [3.63, 3.8) is 0 Å². The number of thioether (sulfide) groups is 2. The molecule has 4 aromatic rings. The number of anilines is 1. The maximum absolute atomic E-state index is 13.0. The molecule has 0 saturated heterocycles. The van der Waals surface area contributed by atoms with Gasteiger partial charge in [-0.2, -0.15) is 5.10 Å². The summed E-state index contributed by atoms with van der Waals surface area (Å²) >= 11 is 11.4. The monoisotopic (exact) mass is 728 g/mol. The summed E-state index contributed by atoms with van der Waals surface area (Å²) in [7, 11) is 0. The van der Waals surface area contributed by atoms with E-state index < -0.39 is 0 Å². The predicted octanol–water partition coefficient (Wildman–Crippen LogP) is 7.02. The van der Waals surface area contributed by atoms with Crippen LogP contribution in [-0.4, -0.2) is 43.0 Å². The maximum atomic E-state index is 13.0. The number of Topliss-reactive ketones (excluding diaryl/α,β-unsaturated/α-hetero) is 2. The van der Waals surface area contributed by atoms with E-state index in [2.05, 4.69) is 62.1 Å². The number of nitrogens with zero attached hydrogens (tertiary/aromatic N) is 5. The van der Waals surface area contributed by atoms with Crippen LogP contribution in [0.3, 0.4) is 0 Å². The molecule has 0 saturated carbocycles. The zero-order valence-electron chi connectivity index (χ0n) is 21.5. The second-order valence-corrected chi connectivity index (χ2v) is 14.6. The van der Waals surface area contributed by atoms with Crippen LogP contribution in [0, 0.1) is 0 Å². The van der Waals surface area contributed by atoms with Crippen molar-refractivity contribution < 1.29 is 9.59 Å². The first-order valence-electron chi connectivity index (χ1n) is 13.0. The van der Waals surface area contributed by atoms with Crippen molar-refractivity contribution in [2.45, 2.75) is 37.0 Å². The summed E-state index contributed by atoms with van der Waals surface area (Å²) in [6.45, 7) is 0. The fraction of sp³-hybridized carbons (Fsp3) is 0.250. The van der Waals surface area contributed by atoms with E-state index in [1.54, 1.807) is 11.3 Å². The lowest BCUT2D eigenvalue weighted by molar-refractivity contribution is 0.101. The van der Waals surface area contributed by atoms with Crippen molar-refractivity contribution in [1.29, 1.82) is 0 Å². The lowest BCUT2D eigenvalue weighted by Crippen LogP contribution is -2.38. The molecule has 3 aliphatic rings. The summed E-state index contributed by atoms with van der Waals surface area (Å²) in [5, 5.41) is 16.3. The van der Waals surface area contributed by atoms with Gasteiger partial charge < -0.3 is 0 Å². The fourth-order valence-corrected chi connectivity index (χ4v) is 8.95. The van der Waals surface area contributed by atoms with Gasteiger partial charge in [0.2, 0.25) is 5.95 Å². The first-order valence-corrected chi connectivity index (χ1v) is 17.4. The van der Waals surface area contributed by atoms with Crippen LogP contribution in [-0.2, 0) is 12.8 Å². The molecule has 0 bridgehead atoms. The molecule has 41 heavy (non-hydrogen) atoms. The van der Waals surface area contributed by atoms with Crippen molar-refractivity contribution in [2.75, 3.05) is 16.4 Å². The van der Waals surface area contributed by atoms with Gasteiger partial charge in [-0.15, -0.1) is 21.5 Å². The number of halogens is 2. The second kappa shape index (κ2) is 11.3. The zero-order valence-corrected chi connectivity index (χ0v) is 27.1. The number of fused-ring (bicyclic) bond motifs is 8. The molecule has 8 nitrogen and oxygen atoms in total. The van der Waals surface area contributed by atoms with E-state index in [9.17, 15) is 9.59 Å². The van der Waals surface area contributed by atoms with E-state index in [0.717, 1.165) is 33.2 Å². The smallest absolute Gasteiger partial charge is 0.241 e. The molecule has 2 aliphatic heterocycles. The number of nitrogens with one attached hydrogen (secondary N) is 1. The van der Waals surface area contributed by atoms with Crippen molar-refractivity contribution in [3.05, 3.63) is 84.6 Å². The standard InChI is InChI=1S/C28H22Br2N6O2S3/c29-17-9-5-15(6-10-17)20(37)13-39-27-33-31-24-23-19-3-1-2-4-22(19)41-25(23)36-26(35(24)27)32-34-28(36)40-14-21(38)16-7-11-18(30)12-8-16/h5-12,24,31H,1-4,13-14H2. The zero-order chi connectivity index (χ0) is 28.1. The van der Waals surface area contributed by atoms with E-state index in [1.807, 2.05) is 48.5 Å². The number of benzene rings is 2. The molecule has 0 fully saturated rings. The second-order valence-electron chi connectivity index (χ2n) is 9.78. The molecule has 2 aromatic heterocycles. The van der Waals surface area contributed by atoms with E-state index in [0.29, 0.717) is 27.4 Å². The Balaban J connectivity index is 1.19. The Bertz CT molecular complexity index is 1700. The molecule has 0 spiro atoms. The molecule has 1 unspecified atom stereocenters. The minimum atomic E-state index is -0.202. The average molecular weight is 731 g/mol. The Hall–Kier alpha value is -2.45. The Morgan fingerprint density at radius 1 is 0.902 bits per heavy atom. The molecule has 7 rings (SSSR count). The molecule has 1 aliphatic carbocycles. The van der Waals surface area contributed by atoms with Gasteiger partial charge in [0, 0.05) is 30.5 Å². The number of hydrazone groups is 1. The summed E-state index contributed by atoms with van der Waals surface area (Å²) in [5.74, 6) is 1.21. The highest BCUT2D eigenvalue weighted by atomic mass is 79.9. The molecule has 13 heteroatoms. The number of ketones is 2. The van der Waals surface area contributed by atoms with Gasteiger partial charge in [0.05, 0.1) is 11.5 Å². The van der Waals surface area contributed by atoms with Crippen LogP contribution in [0.15, 0.2) is 67.7 Å². The van der Waals surface area contributed by atoms with Crippen LogP contribution < -0.4 is 10.3 Å². The summed E-state index contributed by atoms with van der Waals surface area (Å²) in [4.78, 5) is 29.4. The van der Waals surface area contributed by atoms with Gasteiger partial charge in [-0.1, -0.05) is 79.6 Å². The van der Waals surface area contributed by atoms with E-state index in [-0.39, 0.29) is 29.2 Å². The Morgan fingerprint density at radius 2 is 1.54 bits per heavy atom. The SMILES string of the molecule is O=C(CSC1=NNC2c3c(sc4c3CCCC4)-n3c(SCC(=O)c4ccc(Br)cc4)nnc3N12)c1ccc(Br)cc1. The minimum absolute atomic E-state index is 0.0310. The molecule has 4 heterocycles. The third kappa shape index (κ3) is 5.09. The number of rotatable bonds is 7. The van der Waals surface area contributed by atoms with Crippen molar-refractivity contribution in [3.8, 4) is 5.00 Å². The number of hydrogen-bond donors (Lipinski definition) is 1. The van der Waals surface area contributed by atoms with Crippen LogP contribution in [0.1, 0.15) is 55.7 Å². The lowest BCUT2D eigenvalue weighted by Gasteiger charge is -2.32. The van der Waals surface area contributed by atoms with Gasteiger partial charge in [0.1, 0.15) is 5.00 Å². The maximum Gasteiger partial charge on any atom is 0.241 e. The molecular formula is C28H22Br2N6O2S3. The highest BCUT2D eigenvalue weighted by Gasteiger charge is 2.44. The van der Waals surface area contributed by atoms with Gasteiger partial charge in [0.15, 0.2) is 28.1 Å². The third-order valence-electron chi connectivity index (χ3n) is 7.24. The normalized spacial score (nSPS) is 16.8. The fourth-order valence-electron chi connectivity index (χ4n) is 5.25. The van der Waals surface area contributed by atoms with Gasteiger partial charge in [-0.25, -0.2) is 4.57 Å². The van der Waals surface area contributed by atoms with Gasteiger partial charge >= 0.3 is 0 Å². The van der Waals surface area contributed by atoms with Crippen molar-refractivity contribution in [1.82, 2.24) is 20.2 Å². The molecule has 0 radical (unpaired) electrons. The Kier molecular flexibility index (Phi) is 7.57. The number of hydrogen-bond acceptors (Lipinski definition) is 10. The number of aryl methyl sites for hydroxylation is 1. The summed E-state index contributed by atoms with van der Waals surface area (Å²) < 4.78 is 3.95. The van der Waals surface area contributed by atoms with Crippen LogP contribution in [0.25, 0.3) is 5.00 Å². The average Bonchev–Trinajstić information content (AvgIpc) is 3.70. The number of amidine groups is 1. The highest BCUT2D eigenvalue weighted by molar-refractivity contribution is 9.10. The number of carbonyl (C=O) groups excluding carboxylic acids is 2. The first kappa shape index (κ1) is 27.4. The van der Waals surface area contributed by atoms with Crippen molar-refractivity contribution in [2.24, 2.45) is 5.10 Å². The molecule has 2 aromatic carbocycles. The van der Waals surface area contributed by atoms with Crippen molar-refractivity contribution >= 4 is 89.4 Å². The van der Waals surface area contributed by atoms with Gasteiger partial charge in [-0.05, 0) is 55.5 Å². The van der Waals surface area contributed by atoms with Gasteiger partial charge in [-0.3, -0.25) is 19.9 Å². The molecule has 1 atom stereocenters. The van der Waals surface area contributed by atoms with Crippen LogP contribution in [0.4, 0.5) is 5.95 Å². The lowest BCUT2D eigenvalue weighted by atomic mass is 9.94. The highest BCUT2D eigenvalue weighted by Crippen LogP contribution is 2.49. The number of aromatic nitrogens is 3. The first-order chi connectivity index (χ1) is 20.0. The summed E-state index contributed by atoms with van der Waals surface area (Å²) in [5.41, 5.74) is 7.25. The Morgan fingerprint density at radius 3 is 2.22 bits per heavy atom. The predicted molar refractivity (Wildman–Crippen MR) is 172 cm³/mol. The quantitative estimate of drug-likeness (QED) is 0.160. The van der Waals surface area contributed by atoms with E-state index in [1.165, 1.54) is 45.9 Å². The Labute approximate surface area is 265 Å². The summed E-state index contributed by atoms with van der Waals surface area (Å²) in [6, 6.07) is 14.8. The number of carbonyl (C=O) groups is 2. The van der Waals surface area contributed by atoms with E-state index >= 15 is 0 Å². The molecule has 0 amide bonds. The molecule has 208 valence electrons. The van der Waals surface area contributed by atoms with Gasteiger partial charge in [0.25, 0.3) is 0 Å². The topological polar surface area (TPSA) is 92.5 Å².